The van der Waals surface area contributed by atoms with Gasteiger partial charge in [0.25, 0.3) is 0 Å². The van der Waals surface area contributed by atoms with Gasteiger partial charge in [0.1, 0.15) is 19.0 Å². The zero-order chi connectivity index (χ0) is 26.6. The molecule has 0 unspecified atom stereocenters. The molecular weight excluding hydrogens is 510 g/mol. The summed E-state index contributed by atoms with van der Waals surface area (Å²) in [4.78, 5) is 7.25. The maximum Gasteiger partial charge on any atom is 0.161 e. The lowest BCUT2D eigenvalue weighted by Gasteiger charge is -2.25. The average Bonchev–Trinajstić information content (AvgIpc) is 3.56. The van der Waals surface area contributed by atoms with Gasteiger partial charge in [-0.15, -0.1) is 0 Å². The van der Waals surface area contributed by atoms with Crippen LogP contribution in [0.25, 0.3) is 22.3 Å². The predicted molar refractivity (Wildman–Crippen MR) is 154 cm³/mol. The minimum atomic E-state index is 0.558. The first kappa shape index (κ1) is 25.5. The maximum absolute atomic E-state index is 6.88. The highest BCUT2D eigenvalue weighted by Crippen LogP contribution is 2.32. The Bertz CT molecular complexity index is 1560. The highest BCUT2D eigenvalue weighted by molar-refractivity contribution is 6.30. The molecule has 3 aromatic carbocycles. The van der Waals surface area contributed by atoms with Crippen molar-refractivity contribution >= 4 is 22.5 Å². The van der Waals surface area contributed by atoms with Crippen molar-refractivity contribution in [1.29, 1.82) is 0 Å². The number of hydrogen-bond acceptors (Lipinski definition) is 5. The number of imidazole rings is 1. The van der Waals surface area contributed by atoms with Crippen molar-refractivity contribution in [3.05, 3.63) is 94.9 Å². The van der Waals surface area contributed by atoms with Crippen molar-refractivity contribution in [2.24, 2.45) is 0 Å². The molecule has 3 heterocycles. The van der Waals surface area contributed by atoms with Gasteiger partial charge >= 0.3 is 0 Å². The van der Waals surface area contributed by atoms with Gasteiger partial charge in [-0.1, -0.05) is 67.4 Å². The molecule has 0 atom stereocenters. The lowest BCUT2D eigenvalue weighted by atomic mass is 10.1. The van der Waals surface area contributed by atoms with Crippen LogP contribution in [0.2, 0.25) is 5.15 Å². The number of benzene rings is 3. The van der Waals surface area contributed by atoms with Gasteiger partial charge in [0, 0.05) is 37.1 Å². The molecule has 1 aliphatic heterocycles. The van der Waals surface area contributed by atoms with Crippen LogP contribution in [0.1, 0.15) is 36.6 Å². The van der Waals surface area contributed by atoms with E-state index < -0.39 is 0 Å². The summed E-state index contributed by atoms with van der Waals surface area (Å²) in [5.74, 6) is 2.52. The Morgan fingerprint density at radius 2 is 1.69 bits per heavy atom. The minimum Gasteiger partial charge on any atom is -0.486 e. The Morgan fingerprint density at radius 1 is 0.923 bits per heavy atom. The number of aromatic amines is 1. The molecule has 5 aromatic rings. The molecule has 0 saturated carbocycles. The molecule has 0 aliphatic carbocycles. The number of H-pyrrole nitrogens is 1. The van der Waals surface area contributed by atoms with Gasteiger partial charge in [-0.3, -0.25) is 10.00 Å². The smallest absolute Gasteiger partial charge is 0.161 e. The quantitative estimate of drug-likeness (QED) is 0.209. The van der Waals surface area contributed by atoms with E-state index in [0.717, 1.165) is 77.5 Å². The van der Waals surface area contributed by atoms with Crippen LogP contribution in [0.3, 0.4) is 0 Å². The fourth-order valence-corrected chi connectivity index (χ4v) is 5.39. The third-order valence-electron chi connectivity index (χ3n) is 7.09. The number of hydrogen-bond donors (Lipinski definition) is 1. The summed E-state index contributed by atoms with van der Waals surface area (Å²) >= 11 is 6.88. The standard InChI is InChI=1S/C31H32ClN5O2/c1-2-3-13-37-27(30(32)34-31(37)24-7-5-4-6-8-24)21-36(19-22-9-11-26-25(16-22)18-33-35-26)20-23-10-12-28-29(17-23)39-15-14-38-28/h4-12,16-18H,2-3,13-15,19-21H2,1H3,(H,33,35). The van der Waals surface area contributed by atoms with Crippen LogP contribution in [0.5, 0.6) is 11.5 Å². The van der Waals surface area contributed by atoms with Crippen LogP contribution in [0.15, 0.2) is 72.9 Å². The van der Waals surface area contributed by atoms with Gasteiger partial charge in [0.05, 0.1) is 17.4 Å². The second-order valence-electron chi connectivity index (χ2n) is 9.96. The molecule has 0 amide bonds. The van der Waals surface area contributed by atoms with Crippen molar-refractivity contribution in [3.8, 4) is 22.9 Å². The highest BCUT2D eigenvalue weighted by Gasteiger charge is 2.21. The summed E-state index contributed by atoms with van der Waals surface area (Å²) in [6, 6.07) is 23.0. The van der Waals surface area contributed by atoms with Crippen LogP contribution < -0.4 is 9.47 Å². The molecule has 1 N–H and O–H groups in total. The van der Waals surface area contributed by atoms with E-state index in [1.54, 1.807) is 0 Å². The van der Waals surface area contributed by atoms with Gasteiger partial charge in [-0.25, -0.2) is 4.98 Å². The van der Waals surface area contributed by atoms with Crippen LogP contribution >= 0.6 is 11.6 Å². The van der Waals surface area contributed by atoms with Crippen molar-refractivity contribution in [1.82, 2.24) is 24.6 Å². The molecule has 1 aliphatic rings. The first-order valence-electron chi connectivity index (χ1n) is 13.5. The number of aromatic nitrogens is 4. The van der Waals surface area contributed by atoms with Crippen LogP contribution in [-0.2, 0) is 26.2 Å². The number of rotatable bonds is 10. The average molecular weight is 542 g/mol. The molecular formula is C31H32ClN5O2. The molecule has 6 rings (SSSR count). The van der Waals surface area contributed by atoms with Crippen molar-refractivity contribution in [2.45, 2.75) is 45.9 Å². The molecule has 8 heteroatoms. The van der Waals surface area contributed by atoms with Gasteiger partial charge in [-0.05, 0) is 41.8 Å². The predicted octanol–water partition coefficient (Wildman–Crippen LogP) is 6.85. The van der Waals surface area contributed by atoms with Crippen molar-refractivity contribution < 1.29 is 9.47 Å². The van der Waals surface area contributed by atoms with E-state index in [1.165, 1.54) is 5.56 Å². The van der Waals surface area contributed by atoms with Gasteiger partial charge < -0.3 is 14.0 Å². The van der Waals surface area contributed by atoms with Crippen LogP contribution in [0, 0.1) is 0 Å². The molecule has 200 valence electrons. The largest absolute Gasteiger partial charge is 0.486 e. The Balaban J connectivity index is 1.35. The first-order chi connectivity index (χ1) is 19.2. The van der Waals surface area contributed by atoms with Crippen LogP contribution in [-0.4, -0.2) is 37.9 Å². The molecule has 39 heavy (non-hydrogen) atoms. The number of fused-ring (bicyclic) bond motifs is 2. The summed E-state index contributed by atoms with van der Waals surface area (Å²) < 4.78 is 13.9. The zero-order valence-corrected chi connectivity index (χ0v) is 22.8. The van der Waals surface area contributed by atoms with Crippen molar-refractivity contribution in [3.63, 3.8) is 0 Å². The van der Waals surface area contributed by atoms with Crippen molar-refractivity contribution in [2.75, 3.05) is 13.2 Å². The van der Waals surface area contributed by atoms with E-state index in [1.807, 2.05) is 30.5 Å². The molecule has 7 nitrogen and oxygen atoms in total. The van der Waals surface area contributed by atoms with E-state index >= 15 is 0 Å². The Morgan fingerprint density at radius 3 is 2.51 bits per heavy atom. The van der Waals surface area contributed by atoms with E-state index in [9.17, 15) is 0 Å². The minimum absolute atomic E-state index is 0.558. The number of unbranched alkanes of at least 4 members (excludes halogenated alkanes) is 1. The second kappa shape index (κ2) is 11.5. The number of halogens is 1. The number of nitrogens with one attached hydrogen (secondary N) is 1. The SMILES string of the molecule is CCCCn1c(-c2ccccc2)nc(Cl)c1CN(Cc1ccc2c(c1)OCCO2)Cc1ccc2[nH]ncc2c1. The normalized spacial score (nSPS) is 12.9. The summed E-state index contributed by atoms with van der Waals surface area (Å²) in [5, 5.41) is 8.89. The highest BCUT2D eigenvalue weighted by atomic mass is 35.5. The van der Waals surface area contributed by atoms with E-state index in [0.29, 0.717) is 24.9 Å². The Labute approximate surface area is 233 Å². The molecule has 2 aromatic heterocycles. The second-order valence-corrected chi connectivity index (χ2v) is 10.3. The Kier molecular flexibility index (Phi) is 7.52. The summed E-state index contributed by atoms with van der Waals surface area (Å²) in [6.45, 7) is 6.34. The topological polar surface area (TPSA) is 68.2 Å². The first-order valence-corrected chi connectivity index (χ1v) is 13.9. The van der Waals surface area contributed by atoms with Gasteiger partial charge in [-0.2, -0.15) is 5.10 Å². The zero-order valence-electron chi connectivity index (χ0n) is 22.1. The number of nitrogens with zero attached hydrogens (tertiary/aromatic N) is 4. The fraction of sp³-hybridized carbons (Fsp3) is 0.290. The summed E-state index contributed by atoms with van der Waals surface area (Å²) in [7, 11) is 0. The number of ether oxygens (including phenoxy) is 2. The van der Waals surface area contributed by atoms with Gasteiger partial charge in [0.15, 0.2) is 16.7 Å². The third kappa shape index (κ3) is 5.65. The van der Waals surface area contributed by atoms with Gasteiger partial charge in [0.2, 0.25) is 0 Å². The third-order valence-corrected chi connectivity index (χ3v) is 7.39. The summed E-state index contributed by atoms with van der Waals surface area (Å²) in [6.07, 6.45) is 4.01. The molecule has 0 fully saturated rings. The maximum atomic E-state index is 6.88. The molecule has 0 radical (unpaired) electrons. The molecule has 0 bridgehead atoms. The van der Waals surface area contributed by atoms with Crippen LogP contribution in [0.4, 0.5) is 0 Å². The molecule has 0 spiro atoms. The lowest BCUT2D eigenvalue weighted by molar-refractivity contribution is 0.170. The fourth-order valence-electron chi connectivity index (χ4n) is 5.14. The molecule has 0 saturated heterocycles. The van der Waals surface area contributed by atoms with E-state index in [2.05, 4.69) is 69.1 Å². The van der Waals surface area contributed by atoms with E-state index in [-0.39, 0.29) is 0 Å². The Hall–Kier alpha value is -3.81. The van der Waals surface area contributed by atoms with E-state index in [4.69, 9.17) is 26.1 Å². The monoisotopic (exact) mass is 541 g/mol. The summed E-state index contributed by atoms with van der Waals surface area (Å²) in [5.41, 5.74) is 5.50. The lowest BCUT2D eigenvalue weighted by Crippen LogP contribution is -2.24.